The third-order valence-corrected chi connectivity index (χ3v) is 5.56. The van der Waals surface area contributed by atoms with E-state index in [1.807, 2.05) is 4.90 Å². The molecule has 2 aliphatic rings. The highest BCUT2D eigenvalue weighted by atomic mass is 32.1. The minimum Gasteiger partial charge on any atom is -0.339 e. The predicted molar refractivity (Wildman–Crippen MR) is 84.3 cm³/mol. The van der Waals surface area contributed by atoms with Crippen LogP contribution in [-0.2, 0) is 0 Å². The summed E-state index contributed by atoms with van der Waals surface area (Å²) < 4.78 is 13.2. The van der Waals surface area contributed by atoms with Crippen molar-refractivity contribution < 1.29 is 9.18 Å². The minimum atomic E-state index is -0.380. The van der Waals surface area contributed by atoms with Gasteiger partial charge in [0, 0.05) is 23.5 Å². The van der Waals surface area contributed by atoms with Crippen molar-refractivity contribution in [3.05, 3.63) is 29.6 Å². The van der Waals surface area contributed by atoms with E-state index in [1.54, 1.807) is 6.07 Å². The average Bonchev–Trinajstić information content (AvgIpc) is 2.51. The molecule has 0 aromatic heterocycles. The lowest BCUT2D eigenvalue weighted by Crippen LogP contribution is -2.43. The van der Waals surface area contributed by atoms with E-state index >= 15 is 0 Å². The first kappa shape index (κ1) is 14.9. The summed E-state index contributed by atoms with van der Waals surface area (Å²) in [7, 11) is 0. The lowest BCUT2D eigenvalue weighted by atomic mass is 9.68. The highest BCUT2D eigenvalue weighted by molar-refractivity contribution is 7.80. The first-order chi connectivity index (χ1) is 10.1. The molecule has 0 bridgehead atoms. The van der Waals surface area contributed by atoms with Crippen LogP contribution < -0.4 is 0 Å². The first-order valence-electron chi connectivity index (χ1n) is 7.88. The lowest BCUT2D eigenvalue weighted by Gasteiger charge is -2.44. The quantitative estimate of drug-likeness (QED) is 0.767. The number of hydrogen-bond donors (Lipinski definition) is 1. The largest absolute Gasteiger partial charge is 0.339 e. The van der Waals surface area contributed by atoms with Gasteiger partial charge < -0.3 is 4.90 Å². The van der Waals surface area contributed by atoms with E-state index in [1.165, 1.54) is 44.2 Å². The Balaban J connectivity index is 1.65. The summed E-state index contributed by atoms with van der Waals surface area (Å²) in [4.78, 5) is 14.7. The normalized spacial score (nSPS) is 21.5. The summed E-state index contributed by atoms with van der Waals surface area (Å²) >= 11 is 4.06. The molecule has 1 amide bonds. The number of benzene rings is 1. The summed E-state index contributed by atoms with van der Waals surface area (Å²) in [5, 5.41) is 0. The molecule has 0 unspecified atom stereocenters. The molecule has 0 N–H and O–H groups in total. The Bertz CT molecular complexity index is 530. The Morgan fingerprint density at radius 1 is 1.10 bits per heavy atom. The number of nitrogens with zero attached hydrogens (tertiary/aromatic N) is 1. The number of amides is 1. The smallest absolute Gasteiger partial charge is 0.253 e. The lowest BCUT2D eigenvalue weighted by molar-refractivity contribution is 0.0471. The molecule has 1 aliphatic heterocycles. The predicted octanol–water partition coefficient (Wildman–Crippen LogP) is 4.30. The molecule has 0 radical (unpaired) electrons. The van der Waals surface area contributed by atoms with Crippen LogP contribution in [0.25, 0.3) is 0 Å². The first-order valence-corrected chi connectivity index (χ1v) is 8.32. The van der Waals surface area contributed by atoms with Crippen molar-refractivity contribution in [3.63, 3.8) is 0 Å². The van der Waals surface area contributed by atoms with Gasteiger partial charge in [-0.3, -0.25) is 4.79 Å². The summed E-state index contributed by atoms with van der Waals surface area (Å²) in [6.45, 7) is 1.66. The summed E-state index contributed by atoms with van der Waals surface area (Å²) in [5.74, 6) is -0.370. The maximum Gasteiger partial charge on any atom is 0.253 e. The Labute approximate surface area is 131 Å². The van der Waals surface area contributed by atoms with Crippen LogP contribution in [0.3, 0.4) is 0 Å². The molecule has 2 fully saturated rings. The van der Waals surface area contributed by atoms with Gasteiger partial charge in [-0.25, -0.2) is 4.39 Å². The van der Waals surface area contributed by atoms with Gasteiger partial charge in [0.05, 0.1) is 0 Å². The van der Waals surface area contributed by atoms with E-state index in [-0.39, 0.29) is 16.6 Å². The Kier molecular flexibility index (Phi) is 4.25. The number of hydrogen-bond acceptors (Lipinski definition) is 2. The van der Waals surface area contributed by atoms with Crippen LogP contribution in [0.15, 0.2) is 23.1 Å². The number of halogens is 1. The number of carbonyl (C=O) groups excluding carboxylic acids is 1. The van der Waals surface area contributed by atoms with Crippen LogP contribution in [0.1, 0.15) is 55.3 Å². The highest BCUT2D eigenvalue weighted by Crippen LogP contribution is 2.44. The fraction of sp³-hybridized carbons (Fsp3) is 0.588. The second-order valence-electron chi connectivity index (χ2n) is 6.52. The van der Waals surface area contributed by atoms with E-state index < -0.39 is 0 Å². The van der Waals surface area contributed by atoms with Gasteiger partial charge in [-0.2, -0.15) is 0 Å². The number of piperidine rings is 1. The van der Waals surface area contributed by atoms with E-state index in [0.717, 1.165) is 25.9 Å². The molecule has 1 aromatic carbocycles. The summed E-state index contributed by atoms with van der Waals surface area (Å²) in [5.41, 5.74) is 1.04. The van der Waals surface area contributed by atoms with Crippen LogP contribution in [0.4, 0.5) is 4.39 Å². The third kappa shape index (κ3) is 3.10. The van der Waals surface area contributed by atoms with Gasteiger partial charge in [-0.05, 0) is 49.3 Å². The minimum absolute atomic E-state index is 0.0101. The van der Waals surface area contributed by atoms with Crippen molar-refractivity contribution >= 4 is 18.5 Å². The van der Waals surface area contributed by atoms with Crippen LogP contribution in [0, 0.1) is 11.2 Å². The molecule has 1 aromatic rings. The Hall–Kier alpha value is -1.03. The molecule has 1 heterocycles. The molecule has 2 nitrogen and oxygen atoms in total. The number of carbonyl (C=O) groups is 1. The summed E-state index contributed by atoms with van der Waals surface area (Å²) in [6, 6.07) is 4.41. The maximum atomic E-state index is 13.2. The van der Waals surface area contributed by atoms with E-state index in [4.69, 9.17) is 0 Å². The molecular weight excluding hydrogens is 285 g/mol. The van der Waals surface area contributed by atoms with Gasteiger partial charge >= 0.3 is 0 Å². The second kappa shape index (κ2) is 5.99. The molecule has 114 valence electrons. The van der Waals surface area contributed by atoms with Crippen molar-refractivity contribution in [3.8, 4) is 0 Å². The fourth-order valence-electron chi connectivity index (χ4n) is 3.81. The standard InChI is InChI=1S/C17H22FNOS/c18-14-5-4-13(12-15(14)21)16(20)19-10-8-17(9-11-19)6-2-1-3-7-17/h4-5,12,21H,1-3,6-11H2. The molecule has 21 heavy (non-hydrogen) atoms. The zero-order valence-corrected chi connectivity index (χ0v) is 13.2. The monoisotopic (exact) mass is 307 g/mol. The fourth-order valence-corrected chi connectivity index (χ4v) is 4.03. The van der Waals surface area contributed by atoms with Gasteiger partial charge in [0.2, 0.25) is 0 Å². The molecule has 1 spiro atoms. The van der Waals surface area contributed by atoms with E-state index in [9.17, 15) is 9.18 Å². The highest BCUT2D eigenvalue weighted by Gasteiger charge is 2.36. The number of rotatable bonds is 1. The van der Waals surface area contributed by atoms with Crippen LogP contribution in [0.2, 0.25) is 0 Å². The SMILES string of the molecule is O=C(c1ccc(F)c(S)c1)N1CCC2(CCCCC2)CC1. The maximum absolute atomic E-state index is 13.2. The topological polar surface area (TPSA) is 20.3 Å². The van der Waals surface area contributed by atoms with Crippen molar-refractivity contribution in [2.45, 2.75) is 49.8 Å². The molecule has 1 aliphatic carbocycles. The summed E-state index contributed by atoms with van der Waals surface area (Å²) in [6.07, 6.45) is 8.94. The molecule has 3 rings (SSSR count). The van der Waals surface area contributed by atoms with Crippen molar-refractivity contribution in [2.75, 3.05) is 13.1 Å². The van der Waals surface area contributed by atoms with Gasteiger partial charge in [0.1, 0.15) is 5.82 Å². The van der Waals surface area contributed by atoms with Crippen LogP contribution in [-0.4, -0.2) is 23.9 Å². The second-order valence-corrected chi connectivity index (χ2v) is 7.00. The molecule has 1 saturated heterocycles. The van der Waals surface area contributed by atoms with E-state index in [0.29, 0.717) is 11.0 Å². The van der Waals surface area contributed by atoms with Gasteiger partial charge in [0.25, 0.3) is 5.91 Å². The van der Waals surface area contributed by atoms with Crippen molar-refractivity contribution in [2.24, 2.45) is 5.41 Å². The zero-order valence-electron chi connectivity index (χ0n) is 12.3. The average molecular weight is 307 g/mol. The van der Waals surface area contributed by atoms with Crippen LogP contribution >= 0.6 is 12.6 Å². The molecule has 4 heteroatoms. The van der Waals surface area contributed by atoms with Gasteiger partial charge in [-0.1, -0.05) is 19.3 Å². The molecular formula is C17H22FNOS. The zero-order chi connectivity index (χ0) is 14.9. The Morgan fingerprint density at radius 3 is 2.38 bits per heavy atom. The third-order valence-electron chi connectivity index (χ3n) is 5.22. The van der Waals surface area contributed by atoms with Gasteiger partial charge in [0.15, 0.2) is 0 Å². The number of likely N-dealkylation sites (tertiary alicyclic amines) is 1. The van der Waals surface area contributed by atoms with E-state index in [2.05, 4.69) is 12.6 Å². The number of thiol groups is 1. The van der Waals surface area contributed by atoms with Gasteiger partial charge in [-0.15, -0.1) is 12.6 Å². The Morgan fingerprint density at radius 2 is 1.76 bits per heavy atom. The van der Waals surface area contributed by atoms with Crippen molar-refractivity contribution in [1.82, 2.24) is 4.90 Å². The molecule has 1 saturated carbocycles. The molecule has 0 atom stereocenters. The van der Waals surface area contributed by atoms with Crippen LogP contribution in [0.5, 0.6) is 0 Å². The van der Waals surface area contributed by atoms with Crippen molar-refractivity contribution in [1.29, 1.82) is 0 Å².